The van der Waals surface area contributed by atoms with Crippen molar-refractivity contribution in [3.8, 4) is 5.75 Å². The molecule has 9 heteroatoms. The molecule has 0 aliphatic heterocycles. The number of carbonyl (C=O) groups excluding carboxylic acids is 2. The number of aliphatic hydroxyl groups excluding tert-OH is 1. The summed E-state index contributed by atoms with van der Waals surface area (Å²) in [6.45, 7) is -0.246. The van der Waals surface area contributed by atoms with E-state index in [-0.39, 0.29) is 18.8 Å². The highest BCUT2D eigenvalue weighted by Crippen LogP contribution is 2.32. The Morgan fingerprint density at radius 3 is 2.39 bits per heavy atom. The van der Waals surface area contributed by atoms with Crippen LogP contribution in [0.15, 0.2) is 66.7 Å². The van der Waals surface area contributed by atoms with Crippen LogP contribution in [0.25, 0.3) is 0 Å². The number of ether oxygens (including phenoxy) is 3. The smallest absolute Gasteiger partial charge is 0.414 e. The predicted molar refractivity (Wildman–Crippen MR) is 110 cm³/mol. The van der Waals surface area contributed by atoms with Crippen LogP contribution in [-0.4, -0.2) is 54.6 Å². The third-order valence-corrected chi connectivity index (χ3v) is 4.06. The number of aliphatic carboxylic acids is 1. The number of hydrogen-bond acceptors (Lipinski definition) is 7. The maximum absolute atomic E-state index is 12.5. The fraction of sp³-hybridized carbons (Fsp3) is 0.227. The topological polar surface area (TPSA) is 131 Å². The van der Waals surface area contributed by atoms with E-state index in [1.54, 1.807) is 42.5 Å². The van der Waals surface area contributed by atoms with E-state index in [9.17, 15) is 14.4 Å². The quantitative estimate of drug-likeness (QED) is 0.491. The first-order chi connectivity index (χ1) is 15.0. The third kappa shape index (κ3) is 7.25. The molecule has 0 unspecified atom stereocenters. The SMILES string of the molecule is CO[C@@H](/C=C/C(=O)O)[C@@H](OC(=O)NC(=O)c1ccccc1)c1ccccc1OCCO. The zero-order chi connectivity index (χ0) is 22.6. The Balaban J connectivity index is 2.30. The Kier molecular flexibility index (Phi) is 9.21. The van der Waals surface area contributed by atoms with E-state index in [0.29, 0.717) is 11.3 Å². The van der Waals surface area contributed by atoms with Crippen LogP contribution < -0.4 is 10.1 Å². The molecule has 0 fully saturated rings. The van der Waals surface area contributed by atoms with E-state index < -0.39 is 30.2 Å². The Morgan fingerprint density at radius 1 is 1.06 bits per heavy atom. The number of nitrogens with one attached hydrogen (secondary N) is 1. The summed E-state index contributed by atoms with van der Waals surface area (Å²) in [5, 5.41) is 20.1. The molecule has 2 amide bonds. The summed E-state index contributed by atoms with van der Waals surface area (Å²) in [6.07, 6.45) is -1.15. The molecule has 3 N–H and O–H groups in total. The fourth-order valence-corrected chi connectivity index (χ4v) is 2.69. The minimum Gasteiger partial charge on any atom is -0.491 e. The van der Waals surface area contributed by atoms with Crippen molar-refractivity contribution in [3.05, 3.63) is 77.9 Å². The molecule has 0 spiro atoms. The molecule has 9 nitrogen and oxygen atoms in total. The van der Waals surface area contributed by atoms with Gasteiger partial charge in [-0.15, -0.1) is 0 Å². The highest BCUT2D eigenvalue weighted by atomic mass is 16.6. The number of hydrogen-bond donors (Lipinski definition) is 3. The van der Waals surface area contributed by atoms with Crippen molar-refractivity contribution >= 4 is 18.0 Å². The zero-order valence-corrected chi connectivity index (χ0v) is 16.8. The fourth-order valence-electron chi connectivity index (χ4n) is 2.69. The van der Waals surface area contributed by atoms with Gasteiger partial charge in [0, 0.05) is 24.3 Å². The largest absolute Gasteiger partial charge is 0.491 e. The van der Waals surface area contributed by atoms with Gasteiger partial charge in [-0.3, -0.25) is 10.1 Å². The van der Waals surface area contributed by atoms with Crippen molar-refractivity contribution in [2.24, 2.45) is 0 Å². The number of carboxylic acid groups (broad SMARTS) is 1. The second kappa shape index (κ2) is 12.1. The average Bonchev–Trinajstić information content (AvgIpc) is 2.77. The third-order valence-electron chi connectivity index (χ3n) is 4.06. The summed E-state index contributed by atoms with van der Waals surface area (Å²) in [5.41, 5.74) is 0.622. The number of carbonyl (C=O) groups is 3. The van der Waals surface area contributed by atoms with Crippen LogP contribution in [-0.2, 0) is 14.3 Å². The first kappa shape index (κ1) is 23.6. The molecule has 31 heavy (non-hydrogen) atoms. The van der Waals surface area contributed by atoms with Crippen LogP contribution in [0.1, 0.15) is 22.0 Å². The molecule has 0 aromatic heterocycles. The molecule has 0 aliphatic rings. The second-order valence-corrected chi connectivity index (χ2v) is 6.15. The van der Waals surface area contributed by atoms with E-state index in [4.69, 9.17) is 24.4 Å². The van der Waals surface area contributed by atoms with Crippen molar-refractivity contribution in [1.82, 2.24) is 5.32 Å². The molecule has 0 heterocycles. The Bertz CT molecular complexity index is 913. The van der Waals surface area contributed by atoms with Gasteiger partial charge in [-0.1, -0.05) is 36.4 Å². The van der Waals surface area contributed by atoms with Crippen LogP contribution in [0.3, 0.4) is 0 Å². The zero-order valence-electron chi connectivity index (χ0n) is 16.8. The Morgan fingerprint density at radius 2 is 1.74 bits per heavy atom. The minimum atomic E-state index is -1.21. The van der Waals surface area contributed by atoms with Crippen LogP contribution in [0, 0.1) is 0 Å². The van der Waals surface area contributed by atoms with Crippen molar-refractivity contribution in [3.63, 3.8) is 0 Å². The number of imide groups is 1. The molecule has 0 saturated carbocycles. The van der Waals surface area contributed by atoms with Crippen LogP contribution >= 0.6 is 0 Å². The average molecular weight is 429 g/mol. The summed E-state index contributed by atoms with van der Waals surface area (Å²) < 4.78 is 16.3. The van der Waals surface area contributed by atoms with Crippen LogP contribution in [0.5, 0.6) is 5.75 Å². The Hall–Kier alpha value is -3.69. The van der Waals surface area contributed by atoms with Gasteiger partial charge in [0.05, 0.1) is 6.61 Å². The van der Waals surface area contributed by atoms with Crippen molar-refractivity contribution in [1.29, 1.82) is 0 Å². The summed E-state index contributed by atoms with van der Waals surface area (Å²) in [6, 6.07) is 14.6. The van der Waals surface area contributed by atoms with Crippen LogP contribution in [0.2, 0.25) is 0 Å². The normalized spacial score (nSPS) is 12.7. The number of carboxylic acids is 1. The number of methoxy groups -OCH3 is 1. The first-order valence-electron chi connectivity index (χ1n) is 9.29. The van der Waals surface area contributed by atoms with Crippen molar-refractivity contribution in [2.45, 2.75) is 12.2 Å². The molecular weight excluding hydrogens is 406 g/mol. The molecule has 0 bridgehead atoms. The molecule has 164 valence electrons. The van der Waals surface area contributed by atoms with E-state index >= 15 is 0 Å². The molecule has 2 aromatic carbocycles. The predicted octanol–water partition coefficient (Wildman–Crippen LogP) is 2.32. The number of amides is 2. The van der Waals surface area contributed by atoms with Gasteiger partial charge >= 0.3 is 12.1 Å². The highest BCUT2D eigenvalue weighted by molar-refractivity contribution is 6.02. The maximum atomic E-state index is 12.5. The van der Waals surface area contributed by atoms with Gasteiger partial charge in [-0.25, -0.2) is 9.59 Å². The van der Waals surface area contributed by atoms with Gasteiger partial charge < -0.3 is 24.4 Å². The number of alkyl carbamates (subject to hydrolysis) is 1. The molecule has 2 aromatic rings. The molecule has 0 aliphatic carbocycles. The lowest BCUT2D eigenvalue weighted by molar-refractivity contribution is -0.131. The van der Waals surface area contributed by atoms with E-state index in [1.807, 2.05) is 0 Å². The monoisotopic (exact) mass is 429 g/mol. The lowest BCUT2D eigenvalue weighted by Crippen LogP contribution is -2.35. The van der Waals surface area contributed by atoms with Crippen LogP contribution in [0.4, 0.5) is 4.79 Å². The van der Waals surface area contributed by atoms with Gasteiger partial charge in [0.25, 0.3) is 5.91 Å². The lowest BCUT2D eigenvalue weighted by atomic mass is 10.0. The number of rotatable bonds is 10. The summed E-state index contributed by atoms with van der Waals surface area (Å²) in [4.78, 5) is 35.7. The van der Waals surface area contributed by atoms with Gasteiger partial charge in [0.1, 0.15) is 18.5 Å². The van der Waals surface area contributed by atoms with Gasteiger partial charge in [0.15, 0.2) is 6.10 Å². The van der Waals surface area contributed by atoms with Gasteiger partial charge in [0.2, 0.25) is 0 Å². The van der Waals surface area contributed by atoms with Gasteiger partial charge in [-0.2, -0.15) is 0 Å². The molecule has 2 rings (SSSR count). The summed E-state index contributed by atoms with van der Waals surface area (Å²) in [7, 11) is 1.32. The van der Waals surface area contributed by atoms with E-state index in [0.717, 1.165) is 6.08 Å². The van der Waals surface area contributed by atoms with Crippen molar-refractivity contribution < 1.29 is 38.8 Å². The summed E-state index contributed by atoms with van der Waals surface area (Å²) >= 11 is 0. The second-order valence-electron chi connectivity index (χ2n) is 6.15. The Labute approximate surface area is 178 Å². The van der Waals surface area contributed by atoms with Gasteiger partial charge in [-0.05, 0) is 24.3 Å². The summed E-state index contributed by atoms with van der Waals surface area (Å²) in [5.74, 6) is -1.58. The number of para-hydroxylation sites is 1. The number of aliphatic hydroxyl groups is 1. The molecule has 0 radical (unpaired) electrons. The standard InChI is InChI=1S/C22H23NO8/c1-29-18(11-12-19(25)26)20(16-9-5-6-10-17(16)30-14-13-24)31-22(28)23-21(27)15-7-3-2-4-8-15/h2-12,18,20,24H,13-14H2,1H3,(H,25,26)(H,23,27,28)/b12-11+/t18-,20-/m0/s1. The molecule has 0 saturated heterocycles. The molecule has 2 atom stereocenters. The van der Waals surface area contributed by atoms with E-state index in [1.165, 1.54) is 25.3 Å². The highest BCUT2D eigenvalue weighted by Gasteiger charge is 2.29. The first-order valence-corrected chi connectivity index (χ1v) is 9.29. The van der Waals surface area contributed by atoms with E-state index in [2.05, 4.69) is 5.32 Å². The number of benzene rings is 2. The lowest BCUT2D eigenvalue weighted by Gasteiger charge is -2.25. The van der Waals surface area contributed by atoms with Crippen molar-refractivity contribution in [2.75, 3.05) is 20.3 Å². The minimum absolute atomic E-state index is 0.00889. The maximum Gasteiger partial charge on any atom is 0.414 e. The molecular formula is C22H23NO8.